The summed E-state index contributed by atoms with van der Waals surface area (Å²) < 4.78 is 34.3. The maximum absolute atomic E-state index is 12.4. The summed E-state index contributed by atoms with van der Waals surface area (Å²) in [7, 11) is -4.94. The van der Waals surface area contributed by atoms with Gasteiger partial charge >= 0.3 is 20.2 Å². The summed E-state index contributed by atoms with van der Waals surface area (Å²) >= 11 is 0. The third-order valence-corrected chi connectivity index (χ3v) is 7.08. The average Bonchev–Trinajstić information content (AvgIpc) is 3.33. The molecule has 5 rings (SSSR count). The second-order valence-corrected chi connectivity index (χ2v) is 10.9. The minimum Gasteiger partial charge on any atom is -0.871 e. The van der Waals surface area contributed by atoms with E-state index >= 15 is 0 Å². The van der Waals surface area contributed by atoms with Gasteiger partial charge in [-0.1, -0.05) is 30.0 Å². The van der Waals surface area contributed by atoms with Gasteiger partial charge < -0.3 is 31.3 Å². The smallest absolute Gasteiger partial charge is 0.871 e. The minimum absolute atomic E-state index is 0. The normalized spacial score (nSPS) is 11.2. The van der Waals surface area contributed by atoms with Crippen LogP contribution in [0.2, 0.25) is 0 Å². The predicted octanol–water partition coefficient (Wildman–Crippen LogP) is 6.86. The van der Waals surface area contributed by atoms with E-state index in [-0.39, 0.29) is 60.0 Å². The monoisotopic (exact) mass is 741 g/mol. The van der Waals surface area contributed by atoms with Gasteiger partial charge in [0.05, 0.1) is 32.6 Å². The first kappa shape index (κ1) is 38.0. The number of hydrogen-bond acceptors (Lipinski definition) is 15. The van der Waals surface area contributed by atoms with Crippen molar-refractivity contribution in [3.8, 4) is 23.1 Å². The van der Waals surface area contributed by atoms with Crippen molar-refractivity contribution in [2.24, 2.45) is 20.5 Å². The van der Waals surface area contributed by atoms with Crippen molar-refractivity contribution in [1.29, 1.82) is 0 Å². The second-order valence-electron chi connectivity index (χ2n) is 9.55. The van der Waals surface area contributed by atoms with Gasteiger partial charge in [0.1, 0.15) is 27.2 Å². The Bertz CT molecular complexity index is 2260. The Morgan fingerprint density at radius 3 is 1.98 bits per heavy atom. The Morgan fingerprint density at radius 1 is 0.800 bits per heavy atom. The Hall–Kier alpha value is -6.47. The quantitative estimate of drug-likeness (QED) is 0.0740. The predicted molar refractivity (Wildman–Crippen MR) is 168 cm³/mol. The van der Waals surface area contributed by atoms with E-state index in [9.17, 15) is 48.5 Å². The summed E-state index contributed by atoms with van der Waals surface area (Å²) in [6.07, 6.45) is 0. The molecule has 0 spiro atoms. The van der Waals surface area contributed by atoms with E-state index in [1.165, 1.54) is 10.7 Å². The van der Waals surface area contributed by atoms with Crippen molar-refractivity contribution >= 4 is 55.6 Å². The summed E-state index contributed by atoms with van der Waals surface area (Å²) in [6, 6.07) is 16.5. The molecule has 5 aromatic rings. The number of aromatic hydroxyl groups is 1. The van der Waals surface area contributed by atoms with E-state index in [1.807, 2.05) is 6.07 Å². The van der Waals surface area contributed by atoms with Crippen molar-refractivity contribution in [2.45, 2.75) is 11.8 Å². The van der Waals surface area contributed by atoms with Crippen LogP contribution in [0.1, 0.15) is 8.55 Å². The second kappa shape index (κ2) is 15.6. The molecule has 0 atom stereocenters. The molecule has 22 heteroatoms. The molecule has 0 aliphatic heterocycles. The fourth-order valence-electron chi connectivity index (χ4n) is 3.83. The fraction of sp³-hybridized carbons (Fsp3) is 0.0357. The molecule has 3 N–H and O–H groups in total. The zero-order valence-corrected chi connectivity index (χ0v) is 27.1. The topological polar surface area (TPSA) is 325 Å². The summed E-state index contributed by atoms with van der Waals surface area (Å²) in [5.41, 5.74) is 13.4. The number of hydrogen-bond donors (Lipinski definition) is 1. The maximum Gasteiger partial charge on any atom is 3.00 e. The molecular formula is C28H21CrN10O10S. The number of phenols is 1. The zero-order valence-electron chi connectivity index (χ0n) is 27.0. The first-order valence-corrected chi connectivity index (χ1v) is 14.6. The third kappa shape index (κ3) is 8.91. The molecule has 0 aliphatic carbocycles. The van der Waals surface area contributed by atoms with Crippen LogP contribution in [0.3, 0.4) is 0 Å². The Kier molecular flexibility index (Phi) is 11.9. The Labute approximate surface area is 294 Å². The molecule has 0 aliphatic rings. The van der Waals surface area contributed by atoms with Crippen LogP contribution in [0.5, 0.6) is 17.4 Å². The van der Waals surface area contributed by atoms with Crippen LogP contribution in [-0.2, 0) is 27.5 Å². The summed E-state index contributed by atoms with van der Waals surface area (Å²) in [5.74, 6) is -1.55. The summed E-state index contributed by atoms with van der Waals surface area (Å²) in [6.45, 7) is 1.60. The van der Waals surface area contributed by atoms with Gasteiger partial charge in [-0.25, -0.2) is 13.1 Å². The van der Waals surface area contributed by atoms with Crippen molar-refractivity contribution in [1.82, 2.24) is 9.78 Å². The number of rotatable bonds is 8. The van der Waals surface area contributed by atoms with Crippen LogP contribution in [0, 0.1) is 27.2 Å². The van der Waals surface area contributed by atoms with Crippen LogP contribution in [0.25, 0.3) is 17.2 Å². The number of nitro benzene ring substituents is 2. The molecule has 1 heterocycles. The molecule has 0 saturated heterocycles. The van der Waals surface area contributed by atoms with Crippen LogP contribution in [-0.4, -0.2) is 37.7 Å². The summed E-state index contributed by atoms with van der Waals surface area (Å²) in [4.78, 5) is 19.0. The van der Waals surface area contributed by atoms with Gasteiger partial charge in [0, 0.05) is 35.0 Å². The first-order valence-electron chi connectivity index (χ1n) is 13.2. The molecule has 4 aromatic carbocycles. The summed E-state index contributed by atoms with van der Waals surface area (Å²) in [5, 5.41) is 73.9. The largest absolute Gasteiger partial charge is 3.00 e. The van der Waals surface area contributed by atoms with Gasteiger partial charge in [-0.05, 0) is 37.3 Å². The number of non-ortho nitro benzene ring substituents is 2. The number of para-hydroxylation sites is 1. The van der Waals surface area contributed by atoms with Crippen LogP contribution >= 0.6 is 0 Å². The van der Waals surface area contributed by atoms with Crippen molar-refractivity contribution in [3.63, 3.8) is 0 Å². The van der Waals surface area contributed by atoms with Gasteiger partial charge in [-0.2, -0.15) is 15.3 Å². The molecule has 50 heavy (non-hydrogen) atoms. The molecular weight excluding hydrogens is 720 g/mol. The Balaban J connectivity index is 0.000000492. The molecule has 255 valence electrons. The zero-order chi connectivity index (χ0) is 36.0. The van der Waals surface area contributed by atoms with E-state index in [2.05, 4.69) is 25.6 Å². The average molecular weight is 742 g/mol. The van der Waals surface area contributed by atoms with E-state index in [1.54, 1.807) is 31.2 Å². The number of nitro groups is 2. The van der Waals surface area contributed by atoms with Crippen molar-refractivity contribution in [2.75, 3.05) is 0 Å². The molecule has 0 bridgehead atoms. The SMILES string of the molecule is Cc1nn(-c2ccccc2)c([O-])c1N=Nc1ccc([N+](=O)[O-])cc1[O-].[Cr+3].[H+].[H+].[NH-]c1cc([NH-])c(S(=O)(=O)[O-])cc1N=Nc1cc([N+](=O)[O-])ccc1O. The maximum atomic E-state index is 12.4. The number of aromatic nitrogens is 2. The number of nitrogens with one attached hydrogen (secondary N) is 2. The van der Waals surface area contributed by atoms with Gasteiger partial charge in [0.15, 0.2) is 0 Å². The standard InChI is InChI=1S/C16H13N5O4.C12H9N5O6S.Cr/c1-10-15(16(23)20(19-10)11-5-3-2-4-6-11)18-17-13-8-7-12(21(24)25)9-14(13)22;13-7-4-8(14)12(24(21,22)23)5-9(7)15-16-10-3-6(17(19)20)1-2-11(10)18;/h2-9,22-23H,1H3;1-5H,(H4-2,13,14,15,16,18,21,22,23);/q;-2;+3/p-1. The number of azo groups is 2. The van der Waals surface area contributed by atoms with Crippen LogP contribution < -0.4 is 10.2 Å². The molecule has 0 saturated carbocycles. The molecule has 1 radical (unpaired) electrons. The van der Waals surface area contributed by atoms with Crippen LogP contribution in [0.15, 0.2) is 104 Å². The van der Waals surface area contributed by atoms with E-state index < -0.39 is 47.9 Å². The van der Waals surface area contributed by atoms with E-state index in [0.717, 1.165) is 36.4 Å². The van der Waals surface area contributed by atoms with Crippen molar-refractivity contribution < 1.29 is 58.4 Å². The molecule has 1 aromatic heterocycles. The number of aryl methyl sites for hydroxylation is 1. The molecule has 0 amide bonds. The minimum atomic E-state index is -4.94. The number of nitrogens with zero attached hydrogens (tertiary/aromatic N) is 8. The van der Waals surface area contributed by atoms with Gasteiger partial charge in [0.2, 0.25) is 0 Å². The van der Waals surface area contributed by atoms with Crippen LogP contribution in [0.4, 0.5) is 45.5 Å². The van der Waals surface area contributed by atoms with E-state index in [0.29, 0.717) is 17.4 Å². The van der Waals surface area contributed by atoms with Gasteiger partial charge in [-0.15, -0.1) is 21.6 Å². The first-order chi connectivity index (χ1) is 23.1. The van der Waals surface area contributed by atoms with Gasteiger partial charge in [0.25, 0.3) is 11.4 Å². The third-order valence-electron chi connectivity index (χ3n) is 6.20. The molecule has 20 nitrogen and oxygen atoms in total. The number of phenolic OH excluding ortho intramolecular Hbond substituents is 1. The van der Waals surface area contributed by atoms with Crippen molar-refractivity contribution in [3.05, 3.63) is 116 Å². The van der Waals surface area contributed by atoms with E-state index in [4.69, 9.17) is 11.5 Å². The number of benzene rings is 4. The van der Waals surface area contributed by atoms with Gasteiger partial charge in [-0.3, -0.25) is 20.2 Å². The fourth-order valence-corrected chi connectivity index (χ4v) is 4.42. The Morgan fingerprint density at radius 2 is 1.38 bits per heavy atom. The molecule has 0 unspecified atom stereocenters. The molecule has 0 fully saturated rings.